The summed E-state index contributed by atoms with van der Waals surface area (Å²) in [5.41, 5.74) is -4.84. The second kappa shape index (κ2) is 20.3. The third-order valence-electron chi connectivity index (χ3n) is 12.0. The van der Waals surface area contributed by atoms with Crippen molar-refractivity contribution in [3.8, 4) is 0 Å². The number of carbonyl (C=O) groups is 4. The summed E-state index contributed by atoms with van der Waals surface area (Å²) in [6, 6.07) is -0.324. The summed E-state index contributed by atoms with van der Waals surface area (Å²) in [5.74, 6) is -5.40. The van der Waals surface area contributed by atoms with Crippen molar-refractivity contribution in [3.05, 3.63) is 0 Å². The van der Waals surface area contributed by atoms with Crippen molar-refractivity contribution < 1.29 is 73.1 Å². The molecule has 5 N–H and O–H groups in total. The maximum absolute atomic E-state index is 14.1. The quantitative estimate of drug-likeness (QED) is 0.133. The number of methoxy groups -OCH3 is 1. The van der Waals surface area contributed by atoms with E-state index in [1.54, 1.807) is 41.5 Å². The van der Waals surface area contributed by atoms with Gasteiger partial charge in [-0.25, -0.2) is 0 Å². The number of Topliss-reactive ketones (excluding diaryl/α,β-unsaturated/α-hetero) is 2. The van der Waals surface area contributed by atoms with Crippen LogP contribution in [-0.2, 0) is 47.6 Å². The van der Waals surface area contributed by atoms with Crippen LogP contribution in [0.5, 0.6) is 0 Å². The molecule has 0 radical (unpaired) electrons. The lowest BCUT2D eigenvalue weighted by Gasteiger charge is -2.49. The molecule has 0 bridgehead atoms. The summed E-state index contributed by atoms with van der Waals surface area (Å²) in [6.45, 7) is 17.5. The molecule has 0 unspecified atom stereocenters. The van der Waals surface area contributed by atoms with Crippen molar-refractivity contribution in [2.75, 3.05) is 21.2 Å². The molecule has 16 nitrogen and oxygen atoms in total. The summed E-state index contributed by atoms with van der Waals surface area (Å²) in [7, 11) is 5.18. The molecule has 3 fully saturated rings. The number of aliphatic hydroxyl groups is 5. The van der Waals surface area contributed by atoms with Crippen LogP contribution in [0, 0.1) is 23.7 Å². The minimum atomic E-state index is -1.99. The van der Waals surface area contributed by atoms with Gasteiger partial charge in [0, 0.05) is 44.2 Å². The normalized spacial score (nSPS) is 45.9. The van der Waals surface area contributed by atoms with Crippen molar-refractivity contribution in [1.82, 2.24) is 4.90 Å². The lowest BCUT2D eigenvalue weighted by Crippen LogP contribution is -2.61. The molecule has 56 heavy (non-hydrogen) atoms. The van der Waals surface area contributed by atoms with Crippen LogP contribution in [0.15, 0.2) is 0 Å². The zero-order chi connectivity index (χ0) is 43.2. The van der Waals surface area contributed by atoms with E-state index in [1.807, 2.05) is 25.9 Å². The maximum atomic E-state index is 14.1. The third kappa shape index (κ3) is 11.8. The maximum Gasteiger partial charge on any atom is 0.311 e. The molecule has 0 aromatic heterocycles. The Labute approximate surface area is 332 Å². The summed E-state index contributed by atoms with van der Waals surface area (Å²) in [5, 5.41) is 57.6. The highest BCUT2D eigenvalue weighted by Crippen LogP contribution is 2.40. The average Bonchev–Trinajstić information content (AvgIpc) is 3.12. The summed E-state index contributed by atoms with van der Waals surface area (Å²) in [6.07, 6.45) is -9.43. The minimum absolute atomic E-state index is 0.0936. The van der Waals surface area contributed by atoms with Crippen LogP contribution in [0.4, 0.5) is 0 Å². The molecule has 18 atom stereocenters. The second-order valence-electron chi connectivity index (χ2n) is 17.2. The Hall–Kier alpha value is -1.96. The van der Waals surface area contributed by atoms with Crippen LogP contribution in [0.2, 0.25) is 0 Å². The molecule has 16 heteroatoms. The van der Waals surface area contributed by atoms with Gasteiger partial charge in [-0.15, -0.1) is 0 Å². The fourth-order valence-electron chi connectivity index (χ4n) is 8.41. The van der Waals surface area contributed by atoms with Gasteiger partial charge in [0.2, 0.25) is 0 Å². The second-order valence-corrected chi connectivity index (χ2v) is 17.2. The molecule has 3 rings (SSSR count). The van der Waals surface area contributed by atoms with Gasteiger partial charge in [0.1, 0.15) is 29.7 Å². The van der Waals surface area contributed by atoms with Crippen molar-refractivity contribution in [2.45, 2.75) is 186 Å². The van der Waals surface area contributed by atoms with Gasteiger partial charge in [0.15, 0.2) is 24.6 Å². The van der Waals surface area contributed by atoms with Crippen LogP contribution < -0.4 is 0 Å². The lowest BCUT2D eigenvalue weighted by molar-refractivity contribution is -0.318. The van der Waals surface area contributed by atoms with Crippen LogP contribution >= 0.6 is 0 Å². The molecule has 0 aromatic rings. The van der Waals surface area contributed by atoms with Gasteiger partial charge in [0.25, 0.3) is 0 Å². The minimum Gasteiger partial charge on any atom is -0.459 e. The number of aldehydes is 1. The van der Waals surface area contributed by atoms with Gasteiger partial charge >= 0.3 is 5.97 Å². The number of ketones is 2. The van der Waals surface area contributed by atoms with Gasteiger partial charge in [-0.3, -0.25) is 19.2 Å². The Morgan fingerprint density at radius 3 is 2.00 bits per heavy atom. The zero-order valence-corrected chi connectivity index (χ0v) is 35.8. The van der Waals surface area contributed by atoms with E-state index in [9.17, 15) is 39.9 Å². The van der Waals surface area contributed by atoms with E-state index in [2.05, 4.69) is 0 Å². The van der Waals surface area contributed by atoms with Gasteiger partial charge in [0.05, 0.1) is 47.6 Å². The first-order valence-corrected chi connectivity index (χ1v) is 19.7. The number of ether oxygens (including phenoxy) is 6. The molecular weight excluding hydrogens is 734 g/mol. The molecule has 3 heterocycles. The average molecular weight is 806 g/mol. The summed E-state index contributed by atoms with van der Waals surface area (Å²) < 4.78 is 37.1. The molecule has 326 valence electrons. The number of cyclic esters (lactones) is 1. The number of likely N-dealkylation sites (N-methyl/N-ethyl adjacent to an activating group) is 1. The topological polar surface area (TPSA) is 228 Å². The summed E-state index contributed by atoms with van der Waals surface area (Å²) in [4.78, 5) is 48.4. The van der Waals surface area contributed by atoms with Gasteiger partial charge in [-0.05, 0) is 74.9 Å². The highest BCUT2D eigenvalue weighted by atomic mass is 16.7. The molecule has 3 aliphatic heterocycles. The first kappa shape index (κ1) is 50.2. The van der Waals surface area contributed by atoms with Gasteiger partial charge < -0.3 is 58.9 Å². The SMILES string of the molecule is CC(=O)C=O.CC[C@H]1OC(=O)[C@H](C)[C@@H](O[C@H]2C[C@@](C)(OC)[C@@H](O)[C@H](C)O2)[C@H](C)[C@@H](O[C@@H]2O[C@H](C)C[C@H](N(C)C)[C@H]2O)[C@](C)(O)C[C@@H](C)C(=O)[C@H](C)[C@@H](O)[C@]1(C)O. The van der Waals surface area contributed by atoms with Crippen molar-refractivity contribution in [1.29, 1.82) is 0 Å². The number of rotatable bonds is 8. The monoisotopic (exact) mass is 805 g/mol. The standard InChI is InChI=1S/C37H67NO13.C3H4O2/c1-14-25-37(10,45)30(41)20(4)27(39)18(2)16-35(8,44)32(51-34-28(40)24(38(11)12)15-19(3)47-34)21(5)29(22(6)33(43)49-25)50-26-17-36(9,46-13)31(42)23(7)48-26;1-3(5)2-4/h18-26,28-32,34,40-42,44-45H,14-17H2,1-13H3;2H,1H3/t18-,19-,20+,21+,22-,23+,24+,25-,26+,28-,29+,30-,31+,32-,34+,35-,36-,37-;/m1./s1. The molecule has 0 saturated carbocycles. The third-order valence-corrected chi connectivity index (χ3v) is 12.0. The van der Waals surface area contributed by atoms with Crippen LogP contribution in [0.25, 0.3) is 0 Å². The predicted molar refractivity (Wildman–Crippen MR) is 203 cm³/mol. The first-order chi connectivity index (χ1) is 25.7. The van der Waals surface area contributed by atoms with Crippen LogP contribution in [0.1, 0.15) is 102 Å². The van der Waals surface area contributed by atoms with Crippen molar-refractivity contribution in [2.24, 2.45) is 23.7 Å². The number of carbonyl (C=O) groups excluding carboxylic acids is 4. The van der Waals surface area contributed by atoms with Crippen molar-refractivity contribution >= 4 is 23.8 Å². The van der Waals surface area contributed by atoms with E-state index in [0.29, 0.717) is 6.42 Å². The number of aliphatic hydroxyl groups excluding tert-OH is 3. The molecular formula is C40H71NO15. The number of hydrogen-bond donors (Lipinski definition) is 5. The van der Waals surface area contributed by atoms with Gasteiger partial charge in [-0.1, -0.05) is 27.7 Å². The fourth-order valence-corrected chi connectivity index (χ4v) is 8.41. The molecule has 3 aliphatic rings. The van der Waals surface area contributed by atoms with Crippen molar-refractivity contribution in [3.63, 3.8) is 0 Å². The Kier molecular flexibility index (Phi) is 18.2. The largest absolute Gasteiger partial charge is 0.459 e. The summed E-state index contributed by atoms with van der Waals surface area (Å²) >= 11 is 0. The highest BCUT2D eigenvalue weighted by molar-refractivity contribution is 6.23. The van der Waals surface area contributed by atoms with E-state index < -0.39 is 113 Å². The van der Waals surface area contributed by atoms with E-state index in [4.69, 9.17) is 33.2 Å². The highest BCUT2D eigenvalue weighted by Gasteiger charge is 2.53. The van der Waals surface area contributed by atoms with E-state index >= 15 is 0 Å². The van der Waals surface area contributed by atoms with E-state index in [0.717, 1.165) is 0 Å². The molecule has 3 saturated heterocycles. The van der Waals surface area contributed by atoms with Crippen LogP contribution in [-0.4, -0.2) is 160 Å². The van der Waals surface area contributed by atoms with Gasteiger partial charge in [-0.2, -0.15) is 0 Å². The smallest absolute Gasteiger partial charge is 0.311 e. The Bertz CT molecular complexity index is 1310. The molecule has 0 aliphatic carbocycles. The Morgan fingerprint density at radius 2 is 1.50 bits per heavy atom. The van der Waals surface area contributed by atoms with E-state index in [-0.39, 0.29) is 37.7 Å². The lowest BCUT2D eigenvalue weighted by atomic mass is 9.74. The Balaban J connectivity index is 0.00000203. The van der Waals surface area contributed by atoms with Crippen LogP contribution in [0.3, 0.4) is 0 Å². The van der Waals surface area contributed by atoms with E-state index in [1.165, 1.54) is 34.8 Å². The predicted octanol–water partition coefficient (Wildman–Crippen LogP) is 1.56. The number of hydrogen-bond acceptors (Lipinski definition) is 16. The first-order valence-electron chi connectivity index (χ1n) is 19.7. The fraction of sp³-hybridized carbons (Fsp3) is 0.900. The molecule has 0 aromatic carbocycles. The Morgan fingerprint density at radius 1 is 0.929 bits per heavy atom. The number of esters is 1. The molecule has 0 spiro atoms. The molecule has 0 amide bonds. The number of nitrogens with zero attached hydrogens (tertiary/aromatic N) is 1. The zero-order valence-electron chi connectivity index (χ0n) is 35.8.